The molecular formula is C24H31BrF4N4O2Si. The molecule has 0 spiro atoms. The van der Waals surface area contributed by atoms with Gasteiger partial charge in [0.2, 0.25) is 5.88 Å². The van der Waals surface area contributed by atoms with Gasteiger partial charge in [-0.15, -0.1) is 0 Å². The molecule has 1 aromatic carbocycles. The molecule has 0 aliphatic carbocycles. The Hall–Kier alpha value is -2.18. The van der Waals surface area contributed by atoms with Gasteiger partial charge < -0.3 is 19.9 Å². The maximum atomic E-state index is 14.4. The lowest BCUT2D eigenvalue weighted by atomic mass is 10.1. The molecule has 2 aromatic rings. The summed E-state index contributed by atoms with van der Waals surface area (Å²) in [4.78, 5) is 21.1. The molecule has 36 heavy (non-hydrogen) atoms. The van der Waals surface area contributed by atoms with Gasteiger partial charge in [0.1, 0.15) is 5.82 Å². The van der Waals surface area contributed by atoms with Gasteiger partial charge in [0.15, 0.2) is 0 Å². The third kappa shape index (κ3) is 7.19. The summed E-state index contributed by atoms with van der Waals surface area (Å²) < 4.78 is 61.6. The molecule has 1 fully saturated rings. The lowest BCUT2D eigenvalue weighted by molar-refractivity contribution is -0.138. The number of carbonyl (C=O) groups is 1. The monoisotopic (exact) mass is 590 g/mol. The molecule has 1 unspecified atom stereocenters. The normalized spacial score (nSPS) is 17.3. The zero-order chi connectivity index (χ0) is 26.8. The van der Waals surface area contributed by atoms with Gasteiger partial charge in [0, 0.05) is 52.1 Å². The van der Waals surface area contributed by atoms with Crippen LogP contribution >= 0.6 is 15.9 Å². The van der Waals surface area contributed by atoms with Crippen molar-refractivity contribution in [3.63, 3.8) is 0 Å². The van der Waals surface area contributed by atoms with Gasteiger partial charge in [-0.1, -0.05) is 19.6 Å². The third-order valence-corrected chi connectivity index (χ3v) is 8.43. The number of likely N-dealkylation sites (N-methyl/N-ethyl adjacent to an activating group) is 1. The molecule has 1 N–H and O–H groups in total. The van der Waals surface area contributed by atoms with Gasteiger partial charge in [0.25, 0.3) is 5.91 Å². The number of nitrogens with one attached hydrogen (secondary N) is 1. The third-order valence-electron chi connectivity index (χ3n) is 6.12. The summed E-state index contributed by atoms with van der Waals surface area (Å²) in [6.07, 6.45) is -3.93. The number of benzene rings is 1. The van der Waals surface area contributed by atoms with Crippen molar-refractivity contribution in [2.75, 3.05) is 43.5 Å². The Morgan fingerprint density at radius 1 is 1.25 bits per heavy atom. The maximum absolute atomic E-state index is 14.4. The Morgan fingerprint density at radius 3 is 2.56 bits per heavy atom. The lowest BCUT2D eigenvalue weighted by Gasteiger charge is -2.39. The average molecular weight is 592 g/mol. The Kier molecular flexibility index (Phi) is 8.72. The maximum Gasteiger partial charge on any atom is 0.417 e. The van der Waals surface area contributed by atoms with Crippen molar-refractivity contribution in [3.8, 4) is 5.88 Å². The minimum atomic E-state index is -4.80. The molecule has 6 nitrogen and oxygen atoms in total. The van der Waals surface area contributed by atoms with Crippen molar-refractivity contribution in [2.45, 2.75) is 44.8 Å². The van der Waals surface area contributed by atoms with Crippen LogP contribution in [-0.2, 0) is 6.18 Å². The first-order chi connectivity index (χ1) is 16.7. The van der Waals surface area contributed by atoms with Gasteiger partial charge in [-0.25, -0.2) is 9.37 Å². The second-order valence-electron chi connectivity index (χ2n) is 10.2. The van der Waals surface area contributed by atoms with Gasteiger partial charge in [-0.05, 0) is 42.0 Å². The van der Waals surface area contributed by atoms with E-state index in [1.165, 1.54) is 12.1 Å². The number of halogens is 5. The Bertz CT molecular complexity index is 1110. The number of piperazine rings is 1. The highest BCUT2D eigenvalue weighted by Gasteiger charge is 2.37. The predicted molar refractivity (Wildman–Crippen MR) is 139 cm³/mol. The number of rotatable bonds is 7. The number of carbonyl (C=O) groups excluding carboxylic acids is 1. The topological polar surface area (TPSA) is 57.7 Å². The van der Waals surface area contributed by atoms with E-state index in [0.29, 0.717) is 25.3 Å². The summed E-state index contributed by atoms with van der Waals surface area (Å²) in [6.45, 7) is 10.5. The fourth-order valence-corrected chi connectivity index (χ4v) is 4.81. The van der Waals surface area contributed by atoms with E-state index in [9.17, 15) is 22.4 Å². The van der Waals surface area contributed by atoms with E-state index in [1.54, 1.807) is 0 Å². The van der Waals surface area contributed by atoms with Gasteiger partial charge >= 0.3 is 6.18 Å². The molecular weight excluding hydrogens is 560 g/mol. The Morgan fingerprint density at radius 2 is 1.94 bits per heavy atom. The van der Waals surface area contributed by atoms with E-state index in [1.807, 2.05) is 18.9 Å². The molecule has 0 bridgehead atoms. The number of hydrogen-bond acceptors (Lipinski definition) is 5. The highest BCUT2D eigenvalue weighted by Crippen LogP contribution is 2.36. The quantitative estimate of drug-likeness (QED) is 0.311. The molecule has 1 aromatic heterocycles. The van der Waals surface area contributed by atoms with Crippen molar-refractivity contribution < 1.29 is 27.1 Å². The van der Waals surface area contributed by atoms with Crippen LogP contribution in [0.3, 0.4) is 0 Å². The van der Waals surface area contributed by atoms with Crippen LogP contribution in [0.5, 0.6) is 5.88 Å². The standard InChI is InChI=1S/C24H31BrF4N4O2Si/c1-15-14-33(7-6-32(15)2)21-12-19(26)18(25)11-20(21)31-23(34)16-13-30-22(10-17(16)24(27,28)29)35-8-9-36(3,4)5/h10-13,15H,6-9,14H2,1-5H3,(H,31,34). The Labute approximate surface area is 218 Å². The van der Waals surface area contributed by atoms with Crippen LogP contribution in [0, 0.1) is 5.82 Å². The van der Waals surface area contributed by atoms with E-state index in [-0.39, 0.29) is 28.7 Å². The minimum Gasteiger partial charge on any atom is -0.478 e. The molecule has 1 aliphatic heterocycles. The van der Waals surface area contributed by atoms with E-state index in [2.05, 4.69) is 50.8 Å². The minimum absolute atomic E-state index is 0.0871. The van der Waals surface area contributed by atoms with Crippen molar-refractivity contribution >= 4 is 41.3 Å². The van der Waals surface area contributed by atoms with Crippen molar-refractivity contribution in [3.05, 3.63) is 45.8 Å². The van der Waals surface area contributed by atoms with Crippen LogP contribution in [0.4, 0.5) is 28.9 Å². The van der Waals surface area contributed by atoms with E-state index >= 15 is 0 Å². The number of nitrogens with zero attached hydrogens (tertiary/aromatic N) is 3. The predicted octanol–water partition coefficient (Wildman–Crippen LogP) is 6.11. The number of hydrogen-bond donors (Lipinski definition) is 1. The largest absolute Gasteiger partial charge is 0.478 e. The molecule has 12 heteroatoms. The molecule has 1 atom stereocenters. The molecule has 3 rings (SSSR count). The highest BCUT2D eigenvalue weighted by molar-refractivity contribution is 9.10. The fourth-order valence-electron chi connectivity index (χ4n) is 3.75. The summed E-state index contributed by atoms with van der Waals surface area (Å²) in [5.41, 5.74) is -1.18. The molecule has 1 saturated heterocycles. The second kappa shape index (κ2) is 11.1. The average Bonchev–Trinajstić information content (AvgIpc) is 2.76. The summed E-state index contributed by atoms with van der Waals surface area (Å²) in [6, 6.07) is 4.31. The van der Waals surface area contributed by atoms with E-state index in [4.69, 9.17) is 4.74 Å². The highest BCUT2D eigenvalue weighted by atomic mass is 79.9. The van der Waals surface area contributed by atoms with Crippen molar-refractivity contribution in [2.24, 2.45) is 0 Å². The number of anilines is 2. The van der Waals surface area contributed by atoms with Crippen LogP contribution in [-0.4, -0.2) is 63.2 Å². The zero-order valence-corrected chi connectivity index (χ0v) is 23.6. The number of pyridine rings is 1. The first kappa shape index (κ1) is 28.4. The second-order valence-corrected chi connectivity index (χ2v) is 16.7. The first-order valence-electron chi connectivity index (χ1n) is 11.6. The van der Waals surface area contributed by atoms with Crippen LogP contribution in [0.1, 0.15) is 22.8 Å². The summed E-state index contributed by atoms with van der Waals surface area (Å²) >= 11 is 3.11. The molecule has 1 aliphatic rings. The molecule has 198 valence electrons. The van der Waals surface area contributed by atoms with Crippen LogP contribution in [0.15, 0.2) is 28.9 Å². The smallest absolute Gasteiger partial charge is 0.417 e. The van der Waals surface area contributed by atoms with Gasteiger partial charge in [0.05, 0.1) is 33.6 Å². The van der Waals surface area contributed by atoms with Crippen LogP contribution in [0.25, 0.3) is 0 Å². The SMILES string of the molecule is CC1CN(c2cc(F)c(Br)cc2NC(=O)c2cnc(OCC[Si](C)(C)C)cc2C(F)(F)F)CCN1C. The lowest BCUT2D eigenvalue weighted by Crippen LogP contribution is -2.50. The number of aromatic nitrogens is 1. The number of alkyl halides is 3. The van der Waals surface area contributed by atoms with E-state index in [0.717, 1.165) is 18.3 Å². The molecule has 1 amide bonds. The number of amides is 1. The van der Waals surface area contributed by atoms with Crippen molar-refractivity contribution in [1.29, 1.82) is 0 Å². The summed E-state index contributed by atoms with van der Waals surface area (Å²) in [7, 11) is 0.537. The fraction of sp³-hybridized carbons (Fsp3) is 0.500. The van der Waals surface area contributed by atoms with Crippen molar-refractivity contribution in [1.82, 2.24) is 9.88 Å². The summed E-state index contributed by atoms with van der Waals surface area (Å²) in [5.74, 6) is -1.72. The molecule has 0 saturated carbocycles. The summed E-state index contributed by atoms with van der Waals surface area (Å²) in [5, 5.41) is 2.55. The first-order valence-corrected chi connectivity index (χ1v) is 16.1. The Balaban J connectivity index is 1.90. The zero-order valence-electron chi connectivity index (χ0n) is 21.0. The van der Waals surface area contributed by atoms with Gasteiger partial charge in [-0.2, -0.15) is 13.2 Å². The van der Waals surface area contributed by atoms with E-state index < -0.39 is 37.1 Å². The van der Waals surface area contributed by atoms with Crippen LogP contribution < -0.4 is 15.0 Å². The van der Waals surface area contributed by atoms with Crippen LogP contribution in [0.2, 0.25) is 25.7 Å². The number of ether oxygens (including phenoxy) is 1. The molecule has 0 radical (unpaired) electrons. The van der Waals surface area contributed by atoms with Gasteiger partial charge in [-0.3, -0.25) is 4.79 Å². The molecule has 2 heterocycles.